The monoisotopic (exact) mass is 204 g/mol. The summed E-state index contributed by atoms with van der Waals surface area (Å²) in [5, 5.41) is 12.8. The highest BCUT2D eigenvalue weighted by Crippen LogP contribution is 2.32. The van der Waals surface area contributed by atoms with Crippen molar-refractivity contribution >= 4 is 11.6 Å². The Labute approximate surface area is 87.5 Å². The van der Waals surface area contributed by atoms with Crippen molar-refractivity contribution in [2.45, 2.75) is 18.5 Å². The SMILES string of the molecule is O=C1C2CC(CN1c1ccccc1O)N2. The first-order valence-electron chi connectivity index (χ1n) is 5.11. The number of piperazine rings is 1. The van der Waals surface area contributed by atoms with Crippen LogP contribution in [0.2, 0.25) is 0 Å². The highest BCUT2D eigenvalue weighted by Gasteiger charge is 2.44. The Balaban J connectivity index is 1.94. The molecule has 2 N–H and O–H groups in total. The van der Waals surface area contributed by atoms with Gasteiger partial charge in [0.2, 0.25) is 5.91 Å². The van der Waals surface area contributed by atoms with E-state index in [2.05, 4.69) is 5.32 Å². The van der Waals surface area contributed by atoms with E-state index in [1.165, 1.54) is 0 Å². The number of carbonyl (C=O) groups is 1. The highest BCUT2D eigenvalue weighted by atomic mass is 16.3. The Morgan fingerprint density at radius 2 is 2.13 bits per heavy atom. The van der Waals surface area contributed by atoms with Crippen LogP contribution < -0.4 is 10.2 Å². The quantitative estimate of drug-likeness (QED) is 0.699. The summed E-state index contributed by atoms with van der Waals surface area (Å²) in [6, 6.07) is 7.33. The second kappa shape index (κ2) is 2.97. The van der Waals surface area contributed by atoms with E-state index in [1.807, 2.05) is 6.07 Å². The summed E-state index contributed by atoms with van der Waals surface area (Å²) in [6.45, 7) is 0.660. The molecule has 3 aliphatic rings. The van der Waals surface area contributed by atoms with E-state index < -0.39 is 0 Å². The number of rotatable bonds is 1. The number of nitrogens with one attached hydrogen (secondary N) is 1. The predicted molar refractivity (Wildman–Crippen MR) is 55.8 cm³/mol. The zero-order valence-corrected chi connectivity index (χ0v) is 8.18. The van der Waals surface area contributed by atoms with E-state index >= 15 is 0 Å². The number of amides is 1. The Kier molecular flexibility index (Phi) is 1.73. The number of hydrogen-bond acceptors (Lipinski definition) is 3. The average Bonchev–Trinajstić information content (AvgIpc) is 2.17. The van der Waals surface area contributed by atoms with Crippen molar-refractivity contribution in [3.63, 3.8) is 0 Å². The fraction of sp³-hybridized carbons (Fsp3) is 0.364. The number of piperidine rings is 1. The molecule has 0 spiro atoms. The van der Waals surface area contributed by atoms with Gasteiger partial charge in [-0.2, -0.15) is 0 Å². The molecule has 1 aromatic rings. The molecule has 1 aromatic carbocycles. The lowest BCUT2D eigenvalue weighted by atomic mass is 9.90. The van der Waals surface area contributed by atoms with Crippen molar-refractivity contribution < 1.29 is 9.90 Å². The number of nitrogens with zero attached hydrogens (tertiary/aromatic N) is 1. The minimum Gasteiger partial charge on any atom is -0.506 e. The second-order valence-corrected chi connectivity index (χ2v) is 4.09. The van der Waals surface area contributed by atoms with Crippen LogP contribution in [0.4, 0.5) is 5.69 Å². The van der Waals surface area contributed by atoms with Gasteiger partial charge in [-0.25, -0.2) is 0 Å². The van der Waals surface area contributed by atoms with E-state index in [4.69, 9.17) is 0 Å². The molecule has 78 valence electrons. The third kappa shape index (κ3) is 1.22. The molecule has 3 heterocycles. The first kappa shape index (κ1) is 8.73. The Hall–Kier alpha value is -1.55. The number of para-hydroxylation sites is 2. The molecule has 0 saturated carbocycles. The molecule has 15 heavy (non-hydrogen) atoms. The average molecular weight is 204 g/mol. The topological polar surface area (TPSA) is 52.6 Å². The van der Waals surface area contributed by atoms with Gasteiger partial charge < -0.3 is 15.3 Å². The number of benzene rings is 1. The zero-order valence-electron chi connectivity index (χ0n) is 8.18. The molecule has 4 heteroatoms. The number of fused-ring (bicyclic) bond motifs is 2. The fourth-order valence-electron chi connectivity index (χ4n) is 2.25. The maximum atomic E-state index is 11.9. The van der Waals surface area contributed by atoms with Crippen LogP contribution in [0.1, 0.15) is 6.42 Å². The standard InChI is InChI=1S/C11H12N2O2/c14-10-4-2-1-3-9(10)13-6-7-5-8(12-7)11(13)15/h1-4,7-8,12,14H,5-6H2. The third-order valence-corrected chi connectivity index (χ3v) is 3.10. The first-order valence-corrected chi connectivity index (χ1v) is 5.11. The molecule has 2 unspecified atom stereocenters. The summed E-state index contributed by atoms with van der Waals surface area (Å²) in [6.07, 6.45) is 0.933. The molecule has 4 rings (SSSR count). The molecule has 2 atom stereocenters. The molecule has 3 saturated heterocycles. The van der Waals surface area contributed by atoms with Crippen molar-refractivity contribution in [3.05, 3.63) is 24.3 Å². The van der Waals surface area contributed by atoms with Gasteiger partial charge in [0, 0.05) is 12.6 Å². The van der Waals surface area contributed by atoms with Crippen molar-refractivity contribution in [2.24, 2.45) is 0 Å². The lowest BCUT2D eigenvalue weighted by Gasteiger charge is -2.47. The van der Waals surface area contributed by atoms with Gasteiger partial charge >= 0.3 is 0 Å². The lowest BCUT2D eigenvalue weighted by Crippen LogP contribution is -2.70. The van der Waals surface area contributed by atoms with Gasteiger partial charge in [0.05, 0.1) is 11.7 Å². The fourth-order valence-corrected chi connectivity index (χ4v) is 2.25. The summed E-state index contributed by atoms with van der Waals surface area (Å²) in [5.74, 6) is 0.242. The van der Waals surface area contributed by atoms with Crippen LogP contribution in [0.25, 0.3) is 0 Å². The minimum absolute atomic E-state index is 0.0386. The maximum absolute atomic E-state index is 11.9. The van der Waals surface area contributed by atoms with Gasteiger partial charge in [-0.05, 0) is 18.6 Å². The normalized spacial score (nSPS) is 28.8. The van der Waals surface area contributed by atoms with E-state index in [0.717, 1.165) is 6.42 Å². The molecule has 1 amide bonds. The summed E-state index contributed by atoms with van der Waals surface area (Å²) in [4.78, 5) is 13.5. The Morgan fingerprint density at radius 3 is 2.80 bits per heavy atom. The van der Waals surface area contributed by atoms with Crippen molar-refractivity contribution in [1.82, 2.24) is 5.32 Å². The van der Waals surface area contributed by atoms with Gasteiger partial charge in [-0.3, -0.25) is 4.79 Å². The largest absolute Gasteiger partial charge is 0.506 e. The van der Waals surface area contributed by atoms with Crippen LogP contribution in [-0.4, -0.2) is 29.6 Å². The summed E-state index contributed by atoms with van der Waals surface area (Å²) < 4.78 is 0. The van der Waals surface area contributed by atoms with Crippen molar-refractivity contribution in [2.75, 3.05) is 11.4 Å². The summed E-state index contributed by atoms with van der Waals surface area (Å²) >= 11 is 0. The molecule has 0 aromatic heterocycles. The van der Waals surface area contributed by atoms with Crippen LogP contribution in [0, 0.1) is 0 Å². The molecule has 0 aliphatic carbocycles. The molecule has 4 nitrogen and oxygen atoms in total. The number of hydrogen-bond donors (Lipinski definition) is 2. The van der Waals surface area contributed by atoms with Crippen LogP contribution in [0.3, 0.4) is 0 Å². The van der Waals surface area contributed by atoms with Crippen LogP contribution in [-0.2, 0) is 4.79 Å². The smallest absolute Gasteiger partial charge is 0.244 e. The third-order valence-electron chi connectivity index (χ3n) is 3.10. The summed E-state index contributed by atoms with van der Waals surface area (Å²) in [5.41, 5.74) is 0.624. The predicted octanol–water partition coefficient (Wildman–Crippen LogP) is 0.469. The first-order chi connectivity index (χ1) is 7.25. The molecule has 3 aliphatic heterocycles. The van der Waals surface area contributed by atoms with E-state index in [9.17, 15) is 9.90 Å². The van der Waals surface area contributed by atoms with E-state index in [0.29, 0.717) is 18.3 Å². The van der Waals surface area contributed by atoms with Crippen molar-refractivity contribution in [1.29, 1.82) is 0 Å². The van der Waals surface area contributed by atoms with E-state index in [-0.39, 0.29) is 17.7 Å². The number of phenols is 1. The molecule has 2 bridgehead atoms. The number of phenolic OH excluding ortho intramolecular Hbond substituents is 1. The number of aromatic hydroxyl groups is 1. The number of carbonyl (C=O) groups excluding carboxylic acids is 1. The Bertz CT molecular complexity index is 413. The minimum atomic E-state index is -0.0386. The van der Waals surface area contributed by atoms with Crippen molar-refractivity contribution in [3.8, 4) is 5.75 Å². The molecular formula is C11H12N2O2. The highest BCUT2D eigenvalue weighted by molar-refractivity contribution is 6.00. The number of anilines is 1. The van der Waals surface area contributed by atoms with Crippen LogP contribution >= 0.6 is 0 Å². The Morgan fingerprint density at radius 1 is 1.40 bits per heavy atom. The van der Waals surface area contributed by atoms with Crippen LogP contribution in [0.5, 0.6) is 5.75 Å². The zero-order chi connectivity index (χ0) is 10.4. The molecule has 3 fully saturated rings. The summed E-state index contributed by atoms with van der Waals surface area (Å²) in [7, 11) is 0. The van der Waals surface area contributed by atoms with Gasteiger partial charge in [0.25, 0.3) is 0 Å². The molecular weight excluding hydrogens is 192 g/mol. The van der Waals surface area contributed by atoms with Gasteiger partial charge in [0.1, 0.15) is 5.75 Å². The van der Waals surface area contributed by atoms with Gasteiger partial charge in [0.15, 0.2) is 0 Å². The van der Waals surface area contributed by atoms with Crippen LogP contribution in [0.15, 0.2) is 24.3 Å². The maximum Gasteiger partial charge on any atom is 0.244 e. The second-order valence-electron chi connectivity index (χ2n) is 4.09. The van der Waals surface area contributed by atoms with Gasteiger partial charge in [-0.15, -0.1) is 0 Å². The van der Waals surface area contributed by atoms with E-state index in [1.54, 1.807) is 23.1 Å². The molecule has 0 radical (unpaired) electrons. The lowest BCUT2D eigenvalue weighted by molar-refractivity contribution is -0.125. The van der Waals surface area contributed by atoms with Gasteiger partial charge in [-0.1, -0.05) is 12.1 Å².